The van der Waals surface area contributed by atoms with E-state index in [1.165, 1.54) is 12.8 Å². The first-order valence-electron chi connectivity index (χ1n) is 6.70. The molecule has 2 heterocycles. The van der Waals surface area contributed by atoms with Gasteiger partial charge in [-0.25, -0.2) is 0 Å². The average molecular weight is 312 g/mol. The van der Waals surface area contributed by atoms with Crippen LogP contribution < -0.4 is 5.32 Å². The topological polar surface area (TPSA) is 51.0 Å². The number of benzene rings is 1. The predicted octanol–water partition coefficient (Wildman–Crippen LogP) is 3.59. The quantitative estimate of drug-likeness (QED) is 0.941. The van der Waals surface area contributed by atoms with Crippen LogP contribution in [0, 0.1) is 5.92 Å². The Hall–Kier alpha value is -1.10. The molecule has 0 amide bonds. The van der Waals surface area contributed by atoms with Crippen LogP contribution >= 0.6 is 23.2 Å². The number of nitrogens with zero attached hydrogens (tertiary/aromatic N) is 2. The second kappa shape index (κ2) is 6.12. The van der Waals surface area contributed by atoms with E-state index < -0.39 is 0 Å². The Bertz CT molecular complexity index is 574. The molecular weight excluding hydrogens is 297 g/mol. The van der Waals surface area contributed by atoms with Gasteiger partial charge in [-0.15, -0.1) is 0 Å². The predicted molar refractivity (Wildman–Crippen MR) is 79.1 cm³/mol. The summed E-state index contributed by atoms with van der Waals surface area (Å²) in [6, 6.07) is 5.22. The third-order valence-corrected chi connectivity index (χ3v) is 3.88. The van der Waals surface area contributed by atoms with Gasteiger partial charge in [-0.3, -0.25) is 0 Å². The molecule has 1 aliphatic heterocycles. The minimum absolute atomic E-state index is 0.466. The van der Waals surface area contributed by atoms with E-state index in [4.69, 9.17) is 27.7 Å². The molecule has 20 heavy (non-hydrogen) atoms. The van der Waals surface area contributed by atoms with Crippen LogP contribution in [0.2, 0.25) is 10.0 Å². The number of halogens is 2. The zero-order chi connectivity index (χ0) is 13.9. The molecule has 1 aliphatic rings. The van der Waals surface area contributed by atoms with Crippen LogP contribution in [0.1, 0.15) is 18.7 Å². The highest BCUT2D eigenvalue weighted by Gasteiger charge is 2.17. The van der Waals surface area contributed by atoms with E-state index >= 15 is 0 Å². The Morgan fingerprint density at radius 1 is 1.25 bits per heavy atom. The minimum atomic E-state index is 0.466. The van der Waals surface area contributed by atoms with E-state index in [9.17, 15) is 0 Å². The van der Waals surface area contributed by atoms with E-state index in [1.54, 1.807) is 18.2 Å². The normalized spacial score (nSPS) is 19.2. The van der Waals surface area contributed by atoms with E-state index in [2.05, 4.69) is 15.5 Å². The highest BCUT2D eigenvalue weighted by Crippen LogP contribution is 2.26. The van der Waals surface area contributed by atoms with E-state index in [1.807, 2.05) is 0 Å². The molecule has 0 aliphatic carbocycles. The van der Waals surface area contributed by atoms with Gasteiger partial charge in [-0.2, -0.15) is 4.98 Å². The first-order chi connectivity index (χ1) is 9.70. The lowest BCUT2D eigenvalue weighted by Gasteiger charge is -2.20. The van der Waals surface area contributed by atoms with E-state index in [-0.39, 0.29) is 0 Å². The van der Waals surface area contributed by atoms with Crippen molar-refractivity contribution in [1.82, 2.24) is 15.5 Å². The largest absolute Gasteiger partial charge is 0.334 e. The fraction of sp³-hybridized carbons (Fsp3) is 0.429. The molecule has 3 rings (SSSR count). The summed E-state index contributed by atoms with van der Waals surface area (Å²) >= 11 is 12.0. The molecule has 0 saturated carbocycles. The molecule has 1 N–H and O–H groups in total. The fourth-order valence-corrected chi connectivity index (χ4v) is 3.01. The molecule has 1 atom stereocenters. The third-order valence-electron chi connectivity index (χ3n) is 3.45. The highest BCUT2D eigenvalue weighted by molar-refractivity contribution is 6.35. The summed E-state index contributed by atoms with van der Waals surface area (Å²) in [6.45, 7) is 2.13. The summed E-state index contributed by atoms with van der Waals surface area (Å²) < 4.78 is 5.30. The van der Waals surface area contributed by atoms with Crippen LogP contribution in [0.3, 0.4) is 0 Å². The van der Waals surface area contributed by atoms with E-state index in [0.29, 0.717) is 21.9 Å². The molecule has 0 radical (unpaired) electrons. The van der Waals surface area contributed by atoms with Crippen LogP contribution in [0.4, 0.5) is 0 Å². The van der Waals surface area contributed by atoms with Crippen molar-refractivity contribution in [3.63, 3.8) is 0 Å². The number of hydrogen-bond donors (Lipinski definition) is 1. The molecule has 6 heteroatoms. The summed E-state index contributed by atoms with van der Waals surface area (Å²) in [4.78, 5) is 4.43. The lowest BCUT2D eigenvalue weighted by Crippen LogP contribution is -2.31. The molecule has 0 spiro atoms. The first-order valence-corrected chi connectivity index (χ1v) is 7.46. The van der Waals surface area contributed by atoms with Crippen molar-refractivity contribution < 1.29 is 4.52 Å². The second-order valence-corrected chi connectivity index (χ2v) is 5.96. The second-order valence-electron chi connectivity index (χ2n) is 5.09. The standard InChI is InChI=1S/C14H15Cl2N3O/c15-11-5-10(6-12(16)7-11)14-18-13(19-20-14)4-9-2-1-3-17-8-9/h5-7,9,17H,1-4,8H2. The van der Waals surface area contributed by atoms with Gasteiger partial charge in [0.05, 0.1) is 0 Å². The monoisotopic (exact) mass is 311 g/mol. The lowest BCUT2D eigenvalue weighted by molar-refractivity contribution is 0.360. The molecule has 0 bridgehead atoms. The van der Waals surface area contributed by atoms with Gasteiger partial charge in [-0.05, 0) is 50.0 Å². The maximum absolute atomic E-state index is 5.98. The Balaban J connectivity index is 1.75. The maximum atomic E-state index is 5.98. The van der Waals surface area contributed by atoms with Crippen molar-refractivity contribution in [2.75, 3.05) is 13.1 Å². The van der Waals surface area contributed by atoms with Crippen LogP contribution in [-0.4, -0.2) is 23.2 Å². The maximum Gasteiger partial charge on any atom is 0.258 e. The van der Waals surface area contributed by atoms with Gasteiger partial charge in [0.15, 0.2) is 5.82 Å². The lowest BCUT2D eigenvalue weighted by atomic mass is 9.96. The zero-order valence-corrected chi connectivity index (χ0v) is 12.4. The van der Waals surface area contributed by atoms with Crippen LogP contribution in [-0.2, 0) is 6.42 Å². The zero-order valence-electron chi connectivity index (χ0n) is 10.9. The van der Waals surface area contributed by atoms with Gasteiger partial charge in [0.2, 0.25) is 0 Å². The summed E-state index contributed by atoms with van der Waals surface area (Å²) in [5.41, 5.74) is 0.753. The van der Waals surface area contributed by atoms with Crippen molar-refractivity contribution in [3.8, 4) is 11.5 Å². The van der Waals surface area contributed by atoms with Crippen molar-refractivity contribution in [3.05, 3.63) is 34.1 Å². The number of piperidine rings is 1. The fourth-order valence-electron chi connectivity index (χ4n) is 2.49. The van der Waals surface area contributed by atoms with Crippen molar-refractivity contribution >= 4 is 23.2 Å². The van der Waals surface area contributed by atoms with E-state index in [0.717, 1.165) is 30.9 Å². The minimum Gasteiger partial charge on any atom is -0.334 e. The summed E-state index contributed by atoms with van der Waals surface area (Å²) in [5, 5.41) is 8.55. The Labute approximate surface area is 127 Å². The molecule has 2 aromatic rings. The molecule has 4 nitrogen and oxygen atoms in total. The molecule has 1 aromatic heterocycles. The molecule has 1 fully saturated rings. The number of hydrogen-bond acceptors (Lipinski definition) is 4. The summed E-state index contributed by atoms with van der Waals surface area (Å²) in [7, 11) is 0. The van der Waals surface area contributed by atoms with Gasteiger partial charge in [0, 0.05) is 22.0 Å². The van der Waals surface area contributed by atoms with Crippen molar-refractivity contribution in [2.45, 2.75) is 19.3 Å². The Morgan fingerprint density at radius 3 is 2.75 bits per heavy atom. The van der Waals surface area contributed by atoms with Gasteiger partial charge >= 0.3 is 0 Å². The number of nitrogens with one attached hydrogen (secondary N) is 1. The van der Waals surface area contributed by atoms with Crippen LogP contribution in [0.15, 0.2) is 22.7 Å². The number of rotatable bonds is 3. The SMILES string of the molecule is Clc1cc(Cl)cc(-c2nc(CC3CCCNC3)no2)c1. The summed E-state index contributed by atoms with van der Waals surface area (Å²) in [5.74, 6) is 1.79. The third kappa shape index (κ3) is 3.32. The summed E-state index contributed by atoms with van der Waals surface area (Å²) in [6.07, 6.45) is 3.25. The molecule has 106 valence electrons. The average Bonchev–Trinajstić information content (AvgIpc) is 2.87. The van der Waals surface area contributed by atoms with Gasteiger partial charge in [0.25, 0.3) is 5.89 Å². The smallest absolute Gasteiger partial charge is 0.258 e. The molecule has 1 aromatic carbocycles. The van der Waals surface area contributed by atoms with Gasteiger partial charge < -0.3 is 9.84 Å². The Morgan fingerprint density at radius 2 is 2.05 bits per heavy atom. The van der Waals surface area contributed by atoms with Crippen LogP contribution in [0.25, 0.3) is 11.5 Å². The van der Waals surface area contributed by atoms with Crippen molar-refractivity contribution in [2.24, 2.45) is 5.92 Å². The molecule has 1 saturated heterocycles. The Kier molecular flexibility index (Phi) is 4.24. The van der Waals surface area contributed by atoms with Gasteiger partial charge in [0.1, 0.15) is 0 Å². The molecular formula is C14H15Cl2N3O. The molecule has 1 unspecified atom stereocenters. The first kappa shape index (κ1) is 13.9. The highest BCUT2D eigenvalue weighted by atomic mass is 35.5. The number of aromatic nitrogens is 2. The van der Waals surface area contributed by atoms with Gasteiger partial charge in [-0.1, -0.05) is 28.4 Å². The van der Waals surface area contributed by atoms with Crippen LogP contribution in [0.5, 0.6) is 0 Å². The van der Waals surface area contributed by atoms with Crippen molar-refractivity contribution in [1.29, 1.82) is 0 Å².